The summed E-state index contributed by atoms with van der Waals surface area (Å²) < 4.78 is 0. The summed E-state index contributed by atoms with van der Waals surface area (Å²) in [4.78, 5) is 3.20. The number of hydrogen-bond acceptors (Lipinski definition) is 1. The molecule has 0 fully saturated rings. The molecule has 1 aromatic carbocycles. The summed E-state index contributed by atoms with van der Waals surface area (Å²) in [5.74, 6) is 0. The van der Waals surface area contributed by atoms with Crippen molar-refractivity contribution in [1.82, 2.24) is 4.98 Å². The predicted molar refractivity (Wildman–Crippen MR) is 67.4 cm³/mol. The molecule has 0 aliphatic carbocycles. The number of H-pyrrole nitrogens is 1. The minimum absolute atomic E-state index is 0. The Hall–Kier alpha value is -0.990. The first kappa shape index (κ1) is 12.1. The van der Waals surface area contributed by atoms with Crippen molar-refractivity contribution in [2.75, 3.05) is 0 Å². The lowest BCUT2D eigenvalue weighted by atomic mass is 10.0. The minimum atomic E-state index is 0. The van der Waals surface area contributed by atoms with Gasteiger partial charge in [0, 0.05) is 17.8 Å². The van der Waals surface area contributed by atoms with Gasteiger partial charge in [0.2, 0.25) is 0 Å². The topological polar surface area (TPSA) is 41.8 Å². The van der Waals surface area contributed by atoms with Crippen molar-refractivity contribution in [2.24, 2.45) is 5.73 Å². The quantitative estimate of drug-likeness (QED) is 0.825. The maximum absolute atomic E-state index is 6.05. The van der Waals surface area contributed by atoms with Gasteiger partial charge in [0.25, 0.3) is 0 Å². The van der Waals surface area contributed by atoms with Gasteiger partial charge >= 0.3 is 0 Å². The normalized spacial score (nSPS) is 12.4. The van der Waals surface area contributed by atoms with Gasteiger partial charge in [0.05, 0.1) is 0 Å². The Morgan fingerprint density at radius 1 is 1.33 bits per heavy atom. The molecule has 15 heavy (non-hydrogen) atoms. The molecule has 3 heteroatoms. The molecule has 0 radical (unpaired) electrons. The van der Waals surface area contributed by atoms with Crippen LogP contribution in [-0.4, -0.2) is 4.98 Å². The molecule has 2 nitrogen and oxygen atoms in total. The number of aromatic amines is 1. The predicted octanol–water partition coefficient (Wildman–Crippen LogP) is 3.39. The maximum atomic E-state index is 6.05. The van der Waals surface area contributed by atoms with Crippen LogP contribution in [0.15, 0.2) is 30.5 Å². The molecule has 0 amide bonds. The van der Waals surface area contributed by atoms with E-state index in [1.165, 1.54) is 16.5 Å². The van der Waals surface area contributed by atoms with Crippen LogP contribution in [0.25, 0.3) is 10.9 Å². The Balaban J connectivity index is 0.00000112. The zero-order chi connectivity index (χ0) is 9.97. The highest BCUT2D eigenvalue weighted by Crippen LogP contribution is 2.20. The molecule has 82 valence electrons. The van der Waals surface area contributed by atoms with E-state index in [9.17, 15) is 0 Å². The Morgan fingerprint density at radius 3 is 2.87 bits per heavy atom. The maximum Gasteiger partial charge on any atom is 0.0457 e. The Morgan fingerprint density at radius 2 is 2.13 bits per heavy atom. The first-order valence-corrected chi connectivity index (χ1v) is 5.14. The van der Waals surface area contributed by atoms with Crippen molar-refractivity contribution in [3.63, 3.8) is 0 Å². The lowest BCUT2D eigenvalue weighted by Crippen LogP contribution is -2.09. The van der Waals surface area contributed by atoms with E-state index in [2.05, 4.69) is 36.2 Å². The molecular weight excluding hydrogens is 208 g/mol. The second kappa shape index (κ2) is 5.19. The van der Waals surface area contributed by atoms with Crippen LogP contribution in [0.1, 0.15) is 31.4 Å². The van der Waals surface area contributed by atoms with Gasteiger partial charge in [-0.1, -0.05) is 25.5 Å². The molecule has 0 saturated heterocycles. The third-order valence-electron chi connectivity index (χ3n) is 2.61. The van der Waals surface area contributed by atoms with Gasteiger partial charge in [-0.05, 0) is 29.5 Å². The molecule has 0 saturated carbocycles. The smallest absolute Gasteiger partial charge is 0.0457 e. The van der Waals surface area contributed by atoms with Gasteiger partial charge in [-0.3, -0.25) is 0 Å². The summed E-state index contributed by atoms with van der Waals surface area (Å²) >= 11 is 0. The number of nitrogens with one attached hydrogen (secondary N) is 1. The molecule has 0 bridgehead atoms. The fourth-order valence-electron chi connectivity index (χ4n) is 1.77. The summed E-state index contributed by atoms with van der Waals surface area (Å²) in [5.41, 5.74) is 8.45. The largest absolute Gasteiger partial charge is 0.361 e. The molecule has 0 spiro atoms. The van der Waals surface area contributed by atoms with E-state index in [4.69, 9.17) is 5.73 Å². The standard InChI is InChI=1S/C12H16N2.ClH/c1-2-3-11(13)10-5-4-9-6-7-14-12(9)8-10;/h4-8,11,14H,2-3,13H2,1H3;1H/t11-;/m0./s1. The summed E-state index contributed by atoms with van der Waals surface area (Å²) in [6.45, 7) is 2.16. The van der Waals surface area contributed by atoms with Crippen molar-refractivity contribution >= 4 is 23.3 Å². The van der Waals surface area contributed by atoms with E-state index in [1.54, 1.807) is 0 Å². The van der Waals surface area contributed by atoms with Gasteiger partial charge in [-0.2, -0.15) is 0 Å². The molecule has 1 atom stereocenters. The lowest BCUT2D eigenvalue weighted by Gasteiger charge is -2.10. The number of rotatable bonds is 3. The monoisotopic (exact) mass is 224 g/mol. The molecule has 0 aliphatic rings. The highest BCUT2D eigenvalue weighted by molar-refractivity contribution is 5.85. The van der Waals surface area contributed by atoms with Crippen molar-refractivity contribution in [2.45, 2.75) is 25.8 Å². The Kier molecular flexibility index (Phi) is 4.18. The highest BCUT2D eigenvalue weighted by Gasteiger charge is 2.05. The van der Waals surface area contributed by atoms with Gasteiger partial charge in [0.15, 0.2) is 0 Å². The van der Waals surface area contributed by atoms with Crippen LogP contribution in [0, 0.1) is 0 Å². The van der Waals surface area contributed by atoms with Gasteiger partial charge in [0.1, 0.15) is 0 Å². The molecular formula is C12H17ClN2. The zero-order valence-corrected chi connectivity index (χ0v) is 9.68. The van der Waals surface area contributed by atoms with Crippen molar-refractivity contribution in [1.29, 1.82) is 0 Å². The van der Waals surface area contributed by atoms with Gasteiger partial charge in [-0.25, -0.2) is 0 Å². The number of nitrogens with two attached hydrogens (primary N) is 1. The molecule has 0 unspecified atom stereocenters. The van der Waals surface area contributed by atoms with Crippen molar-refractivity contribution in [3.05, 3.63) is 36.0 Å². The molecule has 2 rings (SSSR count). The van der Waals surface area contributed by atoms with Crippen LogP contribution in [0.5, 0.6) is 0 Å². The van der Waals surface area contributed by atoms with Crippen LogP contribution < -0.4 is 5.73 Å². The summed E-state index contributed by atoms with van der Waals surface area (Å²) in [5, 5.41) is 1.25. The Bertz CT molecular complexity index is 422. The van der Waals surface area contributed by atoms with Crippen LogP contribution in [0.4, 0.5) is 0 Å². The highest BCUT2D eigenvalue weighted by atomic mass is 35.5. The van der Waals surface area contributed by atoms with Crippen molar-refractivity contribution in [3.8, 4) is 0 Å². The van der Waals surface area contributed by atoms with Crippen LogP contribution >= 0.6 is 12.4 Å². The number of hydrogen-bond donors (Lipinski definition) is 2. The van der Waals surface area contributed by atoms with Crippen LogP contribution in [0.3, 0.4) is 0 Å². The van der Waals surface area contributed by atoms with E-state index in [0.29, 0.717) is 0 Å². The number of halogens is 1. The second-order valence-corrected chi connectivity index (χ2v) is 3.72. The van der Waals surface area contributed by atoms with E-state index < -0.39 is 0 Å². The van der Waals surface area contributed by atoms with E-state index >= 15 is 0 Å². The average Bonchev–Trinajstić information content (AvgIpc) is 2.64. The number of benzene rings is 1. The number of fused-ring (bicyclic) bond motifs is 1. The third kappa shape index (κ3) is 2.52. The first-order chi connectivity index (χ1) is 6.81. The fourth-order valence-corrected chi connectivity index (χ4v) is 1.77. The van der Waals surface area contributed by atoms with E-state index in [1.807, 2.05) is 6.20 Å². The molecule has 2 aromatic rings. The molecule has 3 N–H and O–H groups in total. The van der Waals surface area contributed by atoms with Gasteiger partial charge < -0.3 is 10.7 Å². The minimum Gasteiger partial charge on any atom is -0.361 e. The van der Waals surface area contributed by atoms with Crippen molar-refractivity contribution < 1.29 is 0 Å². The van der Waals surface area contributed by atoms with Crippen LogP contribution in [0.2, 0.25) is 0 Å². The SMILES string of the molecule is CCC[C@H](N)c1ccc2cc[nH]c2c1.Cl. The third-order valence-corrected chi connectivity index (χ3v) is 2.61. The lowest BCUT2D eigenvalue weighted by molar-refractivity contribution is 0.639. The Labute approximate surface area is 96.3 Å². The van der Waals surface area contributed by atoms with E-state index in [0.717, 1.165) is 12.8 Å². The first-order valence-electron chi connectivity index (χ1n) is 5.14. The molecule has 1 aromatic heterocycles. The summed E-state index contributed by atoms with van der Waals surface area (Å²) in [7, 11) is 0. The van der Waals surface area contributed by atoms with Crippen LogP contribution in [-0.2, 0) is 0 Å². The second-order valence-electron chi connectivity index (χ2n) is 3.72. The summed E-state index contributed by atoms with van der Waals surface area (Å²) in [6, 6.07) is 8.64. The number of aromatic nitrogens is 1. The van der Waals surface area contributed by atoms with E-state index in [-0.39, 0.29) is 18.4 Å². The summed E-state index contributed by atoms with van der Waals surface area (Å²) in [6.07, 6.45) is 4.13. The molecule has 0 aliphatic heterocycles. The average molecular weight is 225 g/mol. The molecule has 1 heterocycles. The van der Waals surface area contributed by atoms with Gasteiger partial charge in [-0.15, -0.1) is 12.4 Å². The fraction of sp³-hybridized carbons (Fsp3) is 0.333. The zero-order valence-electron chi connectivity index (χ0n) is 8.86.